The summed E-state index contributed by atoms with van der Waals surface area (Å²) in [5.74, 6) is -1.94. The second-order valence-corrected chi connectivity index (χ2v) is 7.39. The molecule has 0 aliphatic carbocycles. The second-order valence-electron chi connectivity index (χ2n) is 6.55. The molecule has 0 radical (unpaired) electrons. The molecule has 7 nitrogen and oxygen atoms in total. The van der Waals surface area contributed by atoms with Crippen molar-refractivity contribution in [3.63, 3.8) is 0 Å². The first-order chi connectivity index (χ1) is 13.7. The molecule has 150 valence electrons. The number of hydrogen-bond donors (Lipinski definition) is 4. The van der Waals surface area contributed by atoms with Gasteiger partial charge in [-0.3, -0.25) is 9.59 Å². The number of carboxylic acid groups (broad SMARTS) is 1. The highest BCUT2D eigenvalue weighted by Gasteiger charge is 2.29. The summed E-state index contributed by atoms with van der Waals surface area (Å²) in [6, 6.07) is 8.87. The quantitative estimate of drug-likeness (QED) is 0.538. The number of nitrogens with one attached hydrogen (secondary N) is 2. The smallest absolute Gasteiger partial charge is 0.326 e. The van der Waals surface area contributed by atoms with Crippen LogP contribution in [0.5, 0.6) is 0 Å². The lowest BCUT2D eigenvalue weighted by atomic mass is 9.92. The van der Waals surface area contributed by atoms with Crippen LogP contribution in [0.3, 0.4) is 0 Å². The Morgan fingerprint density at radius 1 is 1.21 bits per heavy atom. The molecule has 2 amide bonds. The number of aliphatic carboxylic acids is 1. The lowest BCUT2D eigenvalue weighted by Gasteiger charge is -2.27. The van der Waals surface area contributed by atoms with Gasteiger partial charge < -0.3 is 21.5 Å². The highest BCUT2D eigenvalue weighted by Crippen LogP contribution is 2.40. The molecule has 1 aliphatic heterocycles. The summed E-state index contributed by atoms with van der Waals surface area (Å²) in [7, 11) is 0. The number of carbonyl (C=O) groups is 3. The van der Waals surface area contributed by atoms with Gasteiger partial charge in [-0.15, -0.1) is 0 Å². The average Bonchev–Trinajstić information content (AvgIpc) is 2.61. The van der Waals surface area contributed by atoms with Crippen LogP contribution in [0.2, 0.25) is 10.0 Å². The zero-order valence-corrected chi connectivity index (χ0v) is 16.6. The van der Waals surface area contributed by atoms with E-state index in [-0.39, 0.29) is 12.8 Å². The van der Waals surface area contributed by atoms with E-state index in [2.05, 4.69) is 10.6 Å². The SMILES string of the molecule is NC(=O)Cc1ccc(NC(=O)/C=C2\CC(C(=O)O)Nc3cc(Cl)cc(Cl)c32)cc1. The van der Waals surface area contributed by atoms with Crippen LogP contribution in [0, 0.1) is 0 Å². The Morgan fingerprint density at radius 2 is 1.90 bits per heavy atom. The third-order valence-electron chi connectivity index (χ3n) is 4.33. The van der Waals surface area contributed by atoms with Gasteiger partial charge in [0.1, 0.15) is 6.04 Å². The fourth-order valence-electron chi connectivity index (χ4n) is 3.10. The summed E-state index contributed by atoms with van der Waals surface area (Å²) in [6.07, 6.45) is 1.51. The lowest BCUT2D eigenvalue weighted by molar-refractivity contribution is -0.137. The zero-order valence-electron chi connectivity index (χ0n) is 15.0. The van der Waals surface area contributed by atoms with Crippen molar-refractivity contribution in [2.24, 2.45) is 5.73 Å². The molecular formula is C20H17Cl2N3O4. The van der Waals surface area contributed by atoms with E-state index in [0.717, 1.165) is 5.56 Å². The van der Waals surface area contributed by atoms with Gasteiger partial charge in [0.25, 0.3) is 0 Å². The topological polar surface area (TPSA) is 122 Å². The van der Waals surface area contributed by atoms with Crippen molar-refractivity contribution < 1.29 is 19.5 Å². The number of nitrogens with two attached hydrogens (primary N) is 1. The first-order valence-corrected chi connectivity index (χ1v) is 9.36. The molecule has 0 aromatic heterocycles. The molecule has 9 heteroatoms. The molecule has 29 heavy (non-hydrogen) atoms. The van der Waals surface area contributed by atoms with Crippen molar-refractivity contribution in [2.45, 2.75) is 18.9 Å². The van der Waals surface area contributed by atoms with E-state index in [4.69, 9.17) is 28.9 Å². The molecule has 1 atom stereocenters. The summed E-state index contributed by atoms with van der Waals surface area (Å²) in [5, 5.41) is 15.6. The van der Waals surface area contributed by atoms with E-state index in [1.807, 2.05) is 0 Å². The van der Waals surface area contributed by atoms with Crippen LogP contribution >= 0.6 is 23.2 Å². The molecule has 1 heterocycles. The molecule has 3 rings (SSSR count). The fourth-order valence-corrected chi connectivity index (χ4v) is 3.71. The molecule has 2 aromatic rings. The minimum absolute atomic E-state index is 0.0780. The minimum atomic E-state index is -1.05. The Labute approximate surface area is 176 Å². The molecular weight excluding hydrogens is 417 g/mol. The van der Waals surface area contributed by atoms with Crippen LogP contribution in [0.15, 0.2) is 42.5 Å². The molecule has 0 spiro atoms. The summed E-state index contributed by atoms with van der Waals surface area (Å²) in [4.78, 5) is 34.9. The standard InChI is InChI=1S/C20H17Cl2N3O4/c21-12-8-14(22)19-11(6-16(20(28)29)25-15(19)9-12)7-18(27)24-13-3-1-10(2-4-13)5-17(23)26/h1-4,7-9,16,25H,5-6H2,(H2,23,26)(H,24,27)(H,28,29)/b11-7+. The molecule has 1 aliphatic rings. The van der Waals surface area contributed by atoms with Crippen molar-refractivity contribution in [1.82, 2.24) is 0 Å². The van der Waals surface area contributed by atoms with Crippen LogP contribution in [0.1, 0.15) is 17.5 Å². The zero-order chi connectivity index (χ0) is 21.1. The van der Waals surface area contributed by atoms with Gasteiger partial charge in [0.05, 0.1) is 11.4 Å². The number of rotatable bonds is 5. The third-order valence-corrected chi connectivity index (χ3v) is 4.85. The number of primary amides is 1. The monoisotopic (exact) mass is 433 g/mol. The molecule has 0 saturated carbocycles. The number of carbonyl (C=O) groups excluding carboxylic acids is 2. The van der Waals surface area contributed by atoms with E-state index in [1.54, 1.807) is 30.3 Å². The van der Waals surface area contributed by atoms with Gasteiger partial charge in [-0.1, -0.05) is 35.3 Å². The Kier molecular flexibility index (Phi) is 6.10. The maximum absolute atomic E-state index is 12.5. The van der Waals surface area contributed by atoms with Crippen LogP contribution in [-0.4, -0.2) is 28.9 Å². The highest BCUT2D eigenvalue weighted by molar-refractivity contribution is 6.36. The maximum Gasteiger partial charge on any atom is 0.326 e. The average molecular weight is 434 g/mol. The molecule has 2 aromatic carbocycles. The van der Waals surface area contributed by atoms with Gasteiger partial charge in [-0.2, -0.15) is 0 Å². The number of carboxylic acids is 1. The van der Waals surface area contributed by atoms with Crippen LogP contribution in [0.25, 0.3) is 5.57 Å². The molecule has 0 saturated heterocycles. The van der Waals surface area contributed by atoms with Gasteiger partial charge in [0.15, 0.2) is 0 Å². The number of benzene rings is 2. The Hall–Kier alpha value is -3.03. The van der Waals surface area contributed by atoms with Crippen molar-refractivity contribution >= 4 is 57.9 Å². The third kappa shape index (κ3) is 5.07. The van der Waals surface area contributed by atoms with Crippen LogP contribution < -0.4 is 16.4 Å². The highest BCUT2D eigenvalue weighted by atomic mass is 35.5. The normalized spacial score (nSPS) is 16.6. The van der Waals surface area contributed by atoms with E-state index >= 15 is 0 Å². The van der Waals surface area contributed by atoms with Crippen molar-refractivity contribution in [2.75, 3.05) is 10.6 Å². The summed E-state index contributed by atoms with van der Waals surface area (Å²) >= 11 is 12.3. The van der Waals surface area contributed by atoms with Crippen LogP contribution in [-0.2, 0) is 20.8 Å². The first kappa shape index (κ1) is 20.7. The number of halogens is 2. The molecule has 0 bridgehead atoms. The molecule has 0 fully saturated rings. The van der Waals surface area contributed by atoms with Gasteiger partial charge in [-0.05, 0) is 35.4 Å². The Bertz CT molecular complexity index is 1020. The fraction of sp³-hybridized carbons (Fsp3) is 0.150. The van der Waals surface area contributed by atoms with E-state index < -0.39 is 23.8 Å². The Morgan fingerprint density at radius 3 is 2.52 bits per heavy atom. The summed E-state index contributed by atoms with van der Waals surface area (Å²) in [6.45, 7) is 0. The number of amides is 2. The Balaban J connectivity index is 1.85. The minimum Gasteiger partial charge on any atom is -0.480 e. The van der Waals surface area contributed by atoms with Crippen molar-refractivity contribution in [3.05, 3.63) is 63.6 Å². The van der Waals surface area contributed by atoms with Gasteiger partial charge >= 0.3 is 5.97 Å². The summed E-state index contributed by atoms with van der Waals surface area (Å²) in [5.41, 5.74) is 7.89. The molecule has 5 N–H and O–H groups in total. The predicted octanol–water partition coefficient (Wildman–Crippen LogP) is 3.31. The summed E-state index contributed by atoms with van der Waals surface area (Å²) < 4.78 is 0. The largest absolute Gasteiger partial charge is 0.480 e. The van der Waals surface area contributed by atoms with Gasteiger partial charge in [-0.25, -0.2) is 4.79 Å². The number of hydrogen-bond acceptors (Lipinski definition) is 4. The first-order valence-electron chi connectivity index (χ1n) is 8.60. The molecule has 1 unspecified atom stereocenters. The number of anilines is 2. The van der Waals surface area contributed by atoms with Crippen LogP contribution in [0.4, 0.5) is 11.4 Å². The van der Waals surface area contributed by atoms with Gasteiger partial charge in [0, 0.05) is 34.5 Å². The van der Waals surface area contributed by atoms with Gasteiger partial charge in [0.2, 0.25) is 11.8 Å². The van der Waals surface area contributed by atoms with E-state index in [0.29, 0.717) is 32.6 Å². The lowest BCUT2D eigenvalue weighted by Crippen LogP contribution is -2.33. The van der Waals surface area contributed by atoms with E-state index in [9.17, 15) is 19.5 Å². The maximum atomic E-state index is 12.5. The van der Waals surface area contributed by atoms with Crippen molar-refractivity contribution in [1.29, 1.82) is 0 Å². The second kappa shape index (κ2) is 8.55. The van der Waals surface area contributed by atoms with E-state index in [1.165, 1.54) is 12.1 Å². The number of fused-ring (bicyclic) bond motifs is 1. The van der Waals surface area contributed by atoms with Crippen molar-refractivity contribution in [3.8, 4) is 0 Å². The predicted molar refractivity (Wildman–Crippen MR) is 112 cm³/mol.